The molecule has 4 nitrogen and oxygen atoms in total. The number of nitrogens with zero attached hydrogens (tertiary/aromatic N) is 1. The van der Waals surface area contributed by atoms with E-state index in [-0.39, 0.29) is 17.8 Å². The zero-order valence-electron chi connectivity index (χ0n) is 14.9. The van der Waals surface area contributed by atoms with Gasteiger partial charge < -0.3 is 9.64 Å². The summed E-state index contributed by atoms with van der Waals surface area (Å²) in [4.78, 5) is 21.9. The fourth-order valence-electron chi connectivity index (χ4n) is 2.59. The number of ketones is 2. The number of rotatable bonds is 4. The molecular weight excluding hydrogens is 314 g/mol. The van der Waals surface area contributed by atoms with E-state index >= 15 is 0 Å². The van der Waals surface area contributed by atoms with E-state index in [1.54, 1.807) is 0 Å². The fourth-order valence-corrected chi connectivity index (χ4v) is 2.59. The quantitative estimate of drug-likeness (QED) is 0.769. The molecule has 0 aromatic heterocycles. The summed E-state index contributed by atoms with van der Waals surface area (Å²) in [5.41, 5.74) is 2.39. The summed E-state index contributed by atoms with van der Waals surface area (Å²) < 4.78 is 5.97. The van der Waals surface area contributed by atoms with Crippen molar-refractivity contribution in [3.05, 3.63) is 60.7 Å². The van der Waals surface area contributed by atoms with Crippen LogP contribution in [0.1, 0.15) is 33.1 Å². The Kier molecular flexibility index (Phi) is 7.36. The summed E-state index contributed by atoms with van der Waals surface area (Å²) in [6.45, 7) is 3.37. The van der Waals surface area contributed by atoms with Crippen molar-refractivity contribution in [1.82, 2.24) is 0 Å². The van der Waals surface area contributed by atoms with Crippen molar-refractivity contribution < 1.29 is 14.3 Å². The number of carbonyl (C=O) groups excluding carboxylic acids is 2. The van der Waals surface area contributed by atoms with Gasteiger partial charge in [-0.3, -0.25) is 9.59 Å². The first kappa shape index (κ1) is 18.9. The lowest BCUT2D eigenvalue weighted by molar-refractivity contribution is -0.134. The number of Topliss-reactive ketones (excluding diaryl/α,β-unsaturated/α-hetero) is 2. The average Bonchev–Trinajstić information content (AvgIpc) is 2.65. The van der Waals surface area contributed by atoms with Gasteiger partial charge in [-0.2, -0.15) is 0 Å². The molecule has 0 saturated carbocycles. The number of ether oxygens (including phenoxy) is 1. The highest BCUT2D eigenvalue weighted by molar-refractivity contribution is 6.35. The van der Waals surface area contributed by atoms with Crippen molar-refractivity contribution >= 4 is 22.9 Å². The largest absolute Gasteiger partial charge is 0.358 e. The SMILES string of the molecule is CC(=O)C(C)=O.c1ccc(N(c2ccccc2)C2CCCCO2)cc1. The molecule has 1 atom stereocenters. The summed E-state index contributed by atoms with van der Waals surface area (Å²) in [5.74, 6) is -0.759. The van der Waals surface area contributed by atoms with Crippen LogP contribution in [0.3, 0.4) is 0 Å². The Morgan fingerprint density at radius 2 is 1.32 bits per heavy atom. The smallest absolute Gasteiger partial charge is 0.195 e. The van der Waals surface area contributed by atoms with Gasteiger partial charge in [0.05, 0.1) is 0 Å². The fraction of sp³-hybridized carbons (Fsp3) is 0.333. The van der Waals surface area contributed by atoms with Gasteiger partial charge in [-0.05, 0) is 43.5 Å². The molecule has 0 spiro atoms. The second-order valence-corrected chi connectivity index (χ2v) is 5.97. The van der Waals surface area contributed by atoms with E-state index in [4.69, 9.17) is 4.74 Å². The molecule has 1 unspecified atom stereocenters. The van der Waals surface area contributed by atoms with E-state index < -0.39 is 0 Å². The number of para-hydroxylation sites is 2. The molecule has 2 aromatic rings. The molecule has 2 aromatic carbocycles. The molecular formula is C21H25NO3. The Bertz CT molecular complexity index is 613. The van der Waals surface area contributed by atoms with E-state index in [2.05, 4.69) is 65.6 Å². The van der Waals surface area contributed by atoms with Crippen LogP contribution in [-0.4, -0.2) is 24.4 Å². The normalized spacial score (nSPS) is 16.3. The van der Waals surface area contributed by atoms with Gasteiger partial charge in [0, 0.05) is 31.8 Å². The first-order chi connectivity index (χ1) is 12.1. The Morgan fingerprint density at radius 1 is 0.840 bits per heavy atom. The molecule has 25 heavy (non-hydrogen) atoms. The zero-order valence-corrected chi connectivity index (χ0v) is 14.9. The second kappa shape index (κ2) is 9.74. The van der Waals surface area contributed by atoms with Crippen LogP contribution >= 0.6 is 0 Å². The van der Waals surface area contributed by atoms with Crippen LogP contribution in [0, 0.1) is 0 Å². The highest BCUT2D eigenvalue weighted by Crippen LogP contribution is 2.31. The van der Waals surface area contributed by atoms with Crippen LogP contribution in [-0.2, 0) is 14.3 Å². The maximum atomic E-state index is 9.79. The molecule has 0 aliphatic carbocycles. The Hall–Kier alpha value is -2.46. The highest BCUT2D eigenvalue weighted by Gasteiger charge is 2.23. The highest BCUT2D eigenvalue weighted by atomic mass is 16.5. The van der Waals surface area contributed by atoms with Gasteiger partial charge in [-0.1, -0.05) is 36.4 Å². The number of carbonyl (C=O) groups is 2. The molecule has 1 saturated heterocycles. The third-order valence-corrected chi connectivity index (χ3v) is 4.01. The van der Waals surface area contributed by atoms with Crippen molar-refractivity contribution in [2.24, 2.45) is 0 Å². The lowest BCUT2D eigenvalue weighted by Crippen LogP contribution is -2.36. The predicted octanol–water partition coefficient (Wildman–Crippen LogP) is 4.52. The molecule has 3 rings (SSSR count). The summed E-state index contributed by atoms with van der Waals surface area (Å²) in [6.07, 6.45) is 3.65. The first-order valence-electron chi connectivity index (χ1n) is 8.62. The Morgan fingerprint density at radius 3 is 1.68 bits per heavy atom. The van der Waals surface area contributed by atoms with Crippen LogP contribution in [0.5, 0.6) is 0 Å². The lowest BCUT2D eigenvalue weighted by atomic mass is 10.1. The molecule has 0 radical (unpaired) electrons. The van der Waals surface area contributed by atoms with Crippen LogP contribution in [0.15, 0.2) is 60.7 Å². The molecule has 4 heteroatoms. The van der Waals surface area contributed by atoms with Crippen molar-refractivity contribution in [3.8, 4) is 0 Å². The molecule has 1 aliphatic rings. The number of anilines is 2. The summed E-state index contributed by atoms with van der Waals surface area (Å²) in [7, 11) is 0. The standard InChI is InChI=1S/C17H19NO.C4H6O2/c1-3-9-15(10-4-1)18(16-11-5-2-6-12-16)17-13-7-8-14-19-17;1-3(5)4(2)6/h1-6,9-12,17H,7-8,13-14H2;1-2H3. The predicted molar refractivity (Wildman–Crippen MR) is 100.0 cm³/mol. The molecule has 0 amide bonds. The lowest BCUT2D eigenvalue weighted by Gasteiger charge is -2.35. The van der Waals surface area contributed by atoms with Crippen LogP contribution in [0.25, 0.3) is 0 Å². The van der Waals surface area contributed by atoms with E-state index in [1.807, 2.05) is 0 Å². The van der Waals surface area contributed by atoms with Crippen molar-refractivity contribution in [2.45, 2.75) is 39.3 Å². The third-order valence-electron chi connectivity index (χ3n) is 4.01. The Labute approximate surface area is 149 Å². The van der Waals surface area contributed by atoms with Crippen molar-refractivity contribution in [3.63, 3.8) is 0 Å². The van der Waals surface area contributed by atoms with Gasteiger partial charge in [-0.25, -0.2) is 0 Å². The molecule has 0 bridgehead atoms. The average molecular weight is 339 g/mol. The molecule has 1 heterocycles. The second-order valence-electron chi connectivity index (χ2n) is 5.97. The minimum absolute atomic E-state index is 0.151. The monoisotopic (exact) mass is 339 g/mol. The van der Waals surface area contributed by atoms with Gasteiger partial charge in [0.25, 0.3) is 0 Å². The van der Waals surface area contributed by atoms with E-state index in [0.717, 1.165) is 13.0 Å². The summed E-state index contributed by atoms with van der Waals surface area (Å²) >= 11 is 0. The van der Waals surface area contributed by atoms with E-state index in [9.17, 15) is 9.59 Å². The minimum Gasteiger partial charge on any atom is -0.358 e. The van der Waals surface area contributed by atoms with Gasteiger partial charge in [0.2, 0.25) is 0 Å². The summed E-state index contributed by atoms with van der Waals surface area (Å²) in [5, 5.41) is 0. The minimum atomic E-state index is -0.380. The van der Waals surface area contributed by atoms with Gasteiger partial charge in [0.1, 0.15) is 6.23 Å². The molecule has 0 N–H and O–H groups in total. The maximum absolute atomic E-state index is 9.79. The number of benzene rings is 2. The number of hydrogen-bond acceptors (Lipinski definition) is 4. The van der Waals surface area contributed by atoms with E-state index in [0.29, 0.717) is 0 Å². The van der Waals surface area contributed by atoms with Crippen LogP contribution < -0.4 is 4.90 Å². The zero-order chi connectivity index (χ0) is 18.1. The van der Waals surface area contributed by atoms with Gasteiger partial charge in [-0.15, -0.1) is 0 Å². The number of hydrogen-bond donors (Lipinski definition) is 0. The van der Waals surface area contributed by atoms with Crippen molar-refractivity contribution in [1.29, 1.82) is 0 Å². The topological polar surface area (TPSA) is 46.6 Å². The van der Waals surface area contributed by atoms with Crippen LogP contribution in [0.4, 0.5) is 11.4 Å². The van der Waals surface area contributed by atoms with Gasteiger partial charge >= 0.3 is 0 Å². The third kappa shape index (κ3) is 5.84. The van der Waals surface area contributed by atoms with Crippen LogP contribution in [0.2, 0.25) is 0 Å². The van der Waals surface area contributed by atoms with Crippen molar-refractivity contribution in [2.75, 3.05) is 11.5 Å². The van der Waals surface area contributed by atoms with Gasteiger partial charge in [0.15, 0.2) is 11.6 Å². The molecule has 1 fully saturated rings. The summed E-state index contributed by atoms with van der Waals surface area (Å²) in [6, 6.07) is 21.0. The first-order valence-corrected chi connectivity index (χ1v) is 8.62. The Balaban J connectivity index is 0.000000326. The van der Waals surface area contributed by atoms with E-state index in [1.165, 1.54) is 38.1 Å². The molecule has 132 valence electrons. The molecule has 1 aliphatic heterocycles. The maximum Gasteiger partial charge on any atom is 0.195 e.